The molecule has 1 amide bonds. The molecule has 1 N–H and O–H groups in total. The first kappa shape index (κ1) is 15.5. The van der Waals surface area contributed by atoms with Gasteiger partial charge in [0.05, 0.1) is 5.75 Å². The molecule has 1 aliphatic rings. The zero-order valence-electron chi connectivity index (χ0n) is 12.8. The van der Waals surface area contributed by atoms with E-state index in [0.29, 0.717) is 24.1 Å². The Morgan fingerprint density at radius 1 is 1.42 bits per heavy atom. The van der Waals surface area contributed by atoms with Gasteiger partial charge in [0.2, 0.25) is 0 Å². The second-order valence-electron chi connectivity index (χ2n) is 5.64. The molecule has 3 aromatic heterocycles. The van der Waals surface area contributed by atoms with Crippen LogP contribution in [0.4, 0.5) is 0 Å². The predicted molar refractivity (Wildman–Crippen MR) is 91.9 cm³/mol. The van der Waals surface area contributed by atoms with Crippen molar-refractivity contribution in [1.29, 1.82) is 0 Å². The Morgan fingerprint density at radius 3 is 3.04 bits per heavy atom. The Labute approximate surface area is 147 Å². The zero-order valence-corrected chi connectivity index (χ0v) is 14.5. The Balaban J connectivity index is 1.43. The van der Waals surface area contributed by atoms with E-state index in [0.717, 1.165) is 23.8 Å². The van der Waals surface area contributed by atoms with Gasteiger partial charge in [0.1, 0.15) is 12.1 Å². The van der Waals surface area contributed by atoms with Crippen LogP contribution >= 0.6 is 23.1 Å². The Kier molecular flexibility index (Phi) is 4.40. The van der Waals surface area contributed by atoms with Crippen LogP contribution in [0.2, 0.25) is 0 Å². The summed E-state index contributed by atoms with van der Waals surface area (Å²) < 4.78 is 5.75. The van der Waals surface area contributed by atoms with E-state index < -0.39 is 0 Å². The highest BCUT2D eigenvalue weighted by atomic mass is 32.2. The molecule has 124 valence electrons. The number of hydrogen-bond acceptors (Lipinski definition) is 6. The third kappa shape index (κ3) is 3.54. The van der Waals surface area contributed by atoms with E-state index in [4.69, 9.17) is 4.42 Å². The lowest BCUT2D eigenvalue weighted by Gasteiger charge is -2.20. The maximum Gasteiger partial charge on any atom is 0.290 e. The molecule has 1 fully saturated rings. The van der Waals surface area contributed by atoms with Crippen LogP contribution in [-0.2, 0) is 12.3 Å². The number of carbonyl (C=O) groups excluding carboxylic acids is 1. The molecular formula is C16H16N4O2S2. The molecule has 8 heteroatoms. The van der Waals surface area contributed by atoms with Gasteiger partial charge in [0, 0.05) is 12.6 Å². The summed E-state index contributed by atoms with van der Waals surface area (Å²) in [6.45, 7) is 0.649. The van der Waals surface area contributed by atoms with Crippen LogP contribution in [-0.4, -0.2) is 32.0 Å². The fourth-order valence-electron chi connectivity index (χ4n) is 2.45. The normalized spacial score (nSPS) is 14.0. The van der Waals surface area contributed by atoms with Crippen molar-refractivity contribution < 1.29 is 9.21 Å². The summed E-state index contributed by atoms with van der Waals surface area (Å²) in [5, 5.41) is 11.5. The minimum Gasteiger partial charge on any atom is -0.455 e. The molecule has 6 nitrogen and oxygen atoms in total. The maximum absolute atomic E-state index is 12.8. The summed E-state index contributed by atoms with van der Waals surface area (Å²) in [4.78, 5) is 18.8. The number of carbonyl (C=O) groups is 1. The number of H-pyrrole nitrogens is 1. The highest BCUT2D eigenvalue weighted by molar-refractivity contribution is 7.98. The summed E-state index contributed by atoms with van der Waals surface area (Å²) in [7, 11) is 0. The number of thioether (sulfide) groups is 1. The maximum atomic E-state index is 12.8. The van der Waals surface area contributed by atoms with Gasteiger partial charge in [-0.1, -0.05) is 11.8 Å². The molecular weight excluding hydrogens is 344 g/mol. The highest BCUT2D eigenvalue weighted by Gasteiger charge is 2.34. The molecule has 0 radical (unpaired) electrons. The topological polar surface area (TPSA) is 75.0 Å². The van der Waals surface area contributed by atoms with Crippen LogP contribution in [0, 0.1) is 0 Å². The number of hydrogen-bond donors (Lipinski definition) is 1. The summed E-state index contributed by atoms with van der Waals surface area (Å²) in [5.74, 6) is 1.74. The third-order valence-corrected chi connectivity index (χ3v) is 5.43. The van der Waals surface area contributed by atoms with Gasteiger partial charge in [-0.25, -0.2) is 4.98 Å². The van der Waals surface area contributed by atoms with Gasteiger partial charge in [-0.05, 0) is 47.4 Å². The van der Waals surface area contributed by atoms with Crippen LogP contribution in [0.3, 0.4) is 0 Å². The van der Waals surface area contributed by atoms with Gasteiger partial charge < -0.3 is 9.32 Å². The number of aromatic amines is 1. The van der Waals surface area contributed by atoms with Gasteiger partial charge in [-0.3, -0.25) is 9.89 Å². The summed E-state index contributed by atoms with van der Waals surface area (Å²) >= 11 is 3.14. The Hall–Kier alpha value is -2.06. The quantitative estimate of drug-likeness (QED) is 0.652. The number of furan rings is 1. The molecule has 0 unspecified atom stereocenters. The first-order chi connectivity index (χ1) is 11.8. The summed E-state index contributed by atoms with van der Waals surface area (Å²) in [6.07, 6.45) is 3.62. The van der Waals surface area contributed by atoms with E-state index in [1.165, 1.54) is 23.7 Å². The van der Waals surface area contributed by atoms with E-state index >= 15 is 0 Å². The Morgan fingerprint density at radius 2 is 2.33 bits per heavy atom. The molecule has 0 atom stereocenters. The molecule has 1 aliphatic carbocycles. The van der Waals surface area contributed by atoms with Crippen molar-refractivity contribution >= 4 is 29.0 Å². The zero-order chi connectivity index (χ0) is 16.4. The van der Waals surface area contributed by atoms with Gasteiger partial charge in [0.25, 0.3) is 5.91 Å². The minimum atomic E-state index is -0.0281. The van der Waals surface area contributed by atoms with Gasteiger partial charge >= 0.3 is 0 Å². The molecule has 4 rings (SSSR count). The van der Waals surface area contributed by atoms with E-state index in [9.17, 15) is 4.79 Å². The second kappa shape index (κ2) is 6.82. The van der Waals surface area contributed by atoms with E-state index in [1.807, 2.05) is 16.3 Å². The fourth-order valence-corrected chi connectivity index (χ4v) is 3.78. The first-order valence-corrected chi connectivity index (χ1v) is 9.61. The average molecular weight is 360 g/mol. The Bertz CT molecular complexity index is 794. The van der Waals surface area contributed by atoms with E-state index in [1.54, 1.807) is 17.4 Å². The summed E-state index contributed by atoms with van der Waals surface area (Å²) in [5.41, 5.74) is 1.17. The van der Waals surface area contributed by atoms with Crippen molar-refractivity contribution in [2.45, 2.75) is 36.3 Å². The molecule has 0 aliphatic heterocycles. The first-order valence-electron chi connectivity index (χ1n) is 7.68. The summed E-state index contributed by atoms with van der Waals surface area (Å²) in [6, 6.07) is 6.03. The van der Waals surface area contributed by atoms with Gasteiger partial charge in [0.15, 0.2) is 10.9 Å². The standard InChI is InChI=1S/C16H16N4O2S2/c21-15(20(12-1-2-12)7-11-5-6-23-8-11)14-4-3-13(22-14)9-24-16-17-10-18-19-16/h3-6,8,10,12H,1-2,7,9H2,(H,17,18,19). The molecule has 0 spiro atoms. The molecule has 3 aromatic rings. The monoisotopic (exact) mass is 360 g/mol. The fraction of sp³-hybridized carbons (Fsp3) is 0.312. The van der Waals surface area contributed by atoms with Crippen molar-refractivity contribution in [1.82, 2.24) is 20.1 Å². The number of rotatable bonds is 7. The largest absolute Gasteiger partial charge is 0.455 e. The lowest BCUT2D eigenvalue weighted by Crippen LogP contribution is -2.32. The van der Waals surface area contributed by atoms with E-state index in [2.05, 4.69) is 26.6 Å². The third-order valence-electron chi connectivity index (χ3n) is 3.80. The van der Waals surface area contributed by atoms with Crippen molar-refractivity contribution in [2.75, 3.05) is 0 Å². The van der Waals surface area contributed by atoms with Crippen LogP contribution in [0.15, 0.2) is 44.9 Å². The van der Waals surface area contributed by atoms with Crippen molar-refractivity contribution in [3.8, 4) is 0 Å². The van der Waals surface area contributed by atoms with Crippen molar-refractivity contribution in [3.63, 3.8) is 0 Å². The van der Waals surface area contributed by atoms with Crippen LogP contribution in [0.5, 0.6) is 0 Å². The van der Waals surface area contributed by atoms with Crippen LogP contribution < -0.4 is 0 Å². The predicted octanol–water partition coefficient (Wildman–Crippen LogP) is 3.56. The molecule has 0 aromatic carbocycles. The minimum absolute atomic E-state index is 0.0281. The smallest absolute Gasteiger partial charge is 0.290 e. The second-order valence-corrected chi connectivity index (χ2v) is 7.39. The number of amides is 1. The van der Waals surface area contributed by atoms with Gasteiger partial charge in [-0.15, -0.1) is 0 Å². The molecule has 1 saturated carbocycles. The molecule has 24 heavy (non-hydrogen) atoms. The van der Waals surface area contributed by atoms with Crippen molar-refractivity contribution in [3.05, 3.63) is 52.4 Å². The van der Waals surface area contributed by atoms with Gasteiger partial charge in [-0.2, -0.15) is 16.4 Å². The SMILES string of the molecule is O=C(c1ccc(CSc2ncn[nH]2)o1)N(Cc1ccsc1)C1CC1. The number of thiophene rings is 1. The lowest BCUT2D eigenvalue weighted by molar-refractivity contribution is 0.0696. The molecule has 3 heterocycles. The molecule has 0 bridgehead atoms. The van der Waals surface area contributed by atoms with E-state index in [-0.39, 0.29) is 5.91 Å². The van der Waals surface area contributed by atoms with Crippen molar-refractivity contribution in [2.24, 2.45) is 0 Å². The number of nitrogens with one attached hydrogen (secondary N) is 1. The highest BCUT2D eigenvalue weighted by Crippen LogP contribution is 2.31. The number of aromatic nitrogens is 3. The number of nitrogens with zero attached hydrogens (tertiary/aromatic N) is 3. The lowest BCUT2D eigenvalue weighted by atomic mass is 10.3. The molecule has 0 saturated heterocycles. The average Bonchev–Trinajstić information content (AvgIpc) is 3.05. The van der Waals surface area contributed by atoms with Crippen LogP contribution in [0.1, 0.15) is 34.7 Å². The van der Waals surface area contributed by atoms with Crippen LogP contribution in [0.25, 0.3) is 0 Å².